The predicted octanol–water partition coefficient (Wildman–Crippen LogP) is 3.88. The molecule has 1 amide bonds. The lowest BCUT2D eigenvalue weighted by molar-refractivity contribution is 0.0949. The molecule has 1 N–H and O–H groups in total. The molecule has 94 valence electrons. The molecule has 0 spiro atoms. The minimum atomic E-state index is -0.500. The van der Waals surface area contributed by atoms with Crippen molar-refractivity contribution >= 4 is 37.8 Å². The van der Waals surface area contributed by atoms with Crippen molar-refractivity contribution < 1.29 is 9.18 Å². The van der Waals surface area contributed by atoms with Crippen molar-refractivity contribution in [1.29, 1.82) is 0 Å². The van der Waals surface area contributed by atoms with Gasteiger partial charge in [0.1, 0.15) is 5.82 Å². The van der Waals surface area contributed by atoms with Gasteiger partial charge in [0.2, 0.25) is 0 Å². The van der Waals surface area contributed by atoms with Gasteiger partial charge in [0.05, 0.1) is 5.56 Å². The topological polar surface area (TPSA) is 29.1 Å². The van der Waals surface area contributed by atoms with E-state index in [1.54, 1.807) is 6.07 Å². The monoisotopic (exact) mass is 365 g/mol. The zero-order valence-corrected chi connectivity index (χ0v) is 12.6. The Bertz CT molecular complexity index is 396. The number of carbonyl (C=O) groups is 1. The second-order valence-corrected chi connectivity index (χ2v) is 6.28. The number of rotatable bonds is 5. The Kier molecular flexibility index (Phi) is 6.12. The molecule has 0 aromatic heterocycles. The molecule has 0 saturated carbocycles. The van der Waals surface area contributed by atoms with E-state index >= 15 is 0 Å². The highest BCUT2D eigenvalue weighted by molar-refractivity contribution is 9.10. The number of halogens is 3. The Balaban J connectivity index is 2.49. The summed E-state index contributed by atoms with van der Waals surface area (Å²) >= 11 is 6.64. The maximum absolute atomic E-state index is 13.4. The molecule has 17 heavy (non-hydrogen) atoms. The van der Waals surface area contributed by atoms with Crippen molar-refractivity contribution in [3.8, 4) is 0 Å². The van der Waals surface area contributed by atoms with E-state index in [2.05, 4.69) is 44.1 Å². The maximum atomic E-state index is 13.4. The number of carbonyl (C=O) groups excluding carboxylic acids is 1. The highest BCUT2D eigenvalue weighted by Crippen LogP contribution is 2.15. The van der Waals surface area contributed by atoms with Crippen LogP contribution in [0.25, 0.3) is 0 Å². The van der Waals surface area contributed by atoms with E-state index in [9.17, 15) is 9.18 Å². The maximum Gasteiger partial charge on any atom is 0.254 e. The number of amides is 1. The fourth-order valence-electron chi connectivity index (χ4n) is 1.35. The van der Waals surface area contributed by atoms with Gasteiger partial charge in [-0.05, 0) is 31.0 Å². The van der Waals surface area contributed by atoms with Gasteiger partial charge >= 0.3 is 0 Å². The zero-order chi connectivity index (χ0) is 12.8. The molecule has 0 saturated heterocycles. The van der Waals surface area contributed by atoms with Crippen LogP contribution in [0.3, 0.4) is 0 Å². The van der Waals surface area contributed by atoms with Gasteiger partial charge in [0, 0.05) is 15.8 Å². The van der Waals surface area contributed by atoms with Crippen molar-refractivity contribution in [2.24, 2.45) is 0 Å². The van der Waals surface area contributed by atoms with E-state index in [-0.39, 0.29) is 11.5 Å². The van der Waals surface area contributed by atoms with Crippen LogP contribution in [0.2, 0.25) is 0 Å². The number of hydrogen-bond donors (Lipinski definition) is 1. The summed E-state index contributed by atoms with van der Waals surface area (Å²) in [6.07, 6.45) is 1.84. The lowest BCUT2D eigenvalue weighted by atomic mass is 10.2. The van der Waals surface area contributed by atoms with E-state index < -0.39 is 5.82 Å². The van der Waals surface area contributed by atoms with Crippen LogP contribution in [0.1, 0.15) is 30.1 Å². The van der Waals surface area contributed by atoms with Crippen molar-refractivity contribution in [2.75, 3.05) is 6.54 Å². The van der Waals surface area contributed by atoms with Gasteiger partial charge in [-0.2, -0.15) is 0 Å². The van der Waals surface area contributed by atoms with Crippen LogP contribution >= 0.6 is 31.9 Å². The van der Waals surface area contributed by atoms with Gasteiger partial charge < -0.3 is 5.32 Å². The minimum Gasteiger partial charge on any atom is -0.352 e. The summed E-state index contributed by atoms with van der Waals surface area (Å²) in [7, 11) is 0. The number of benzene rings is 1. The van der Waals surface area contributed by atoms with Crippen molar-refractivity contribution in [2.45, 2.75) is 24.6 Å². The van der Waals surface area contributed by atoms with Crippen LogP contribution < -0.4 is 5.32 Å². The molecule has 0 bridgehead atoms. The Morgan fingerprint density at radius 2 is 2.24 bits per heavy atom. The Labute approximate surface area is 117 Å². The molecule has 1 unspecified atom stereocenters. The third-order valence-electron chi connectivity index (χ3n) is 2.24. The average molecular weight is 367 g/mol. The summed E-state index contributed by atoms with van der Waals surface area (Å²) in [4.78, 5) is 12.1. The molecule has 1 rings (SSSR count). The van der Waals surface area contributed by atoms with E-state index in [4.69, 9.17) is 0 Å². The Morgan fingerprint density at radius 1 is 1.53 bits per heavy atom. The molecule has 1 atom stereocenters. The van der Waals surface area contributed by atoms with Gasteiger partial charge in [0.25, 0.3) is 5.91 Å². The van der Waals surface area contributed by atoms with Crippen LogP contribution in [0.15, 0.2) is 22.7 Å². The number of alkyl halides is 1. The lowest BCUT2D eigenvalue weighted by Gasteiger charge is -2.07. The molecule has 5 heteroatoms. The van der Waals surface area contributed by atoms with E-state index in [0.29, 0.717) is 15.8 Å². The predicted molar refractivity (Wildman–Crippen MR) is 74.1 cm³/mol. The standard InChI is InChI=1S/C12H14Br2FNO/c1-8(13)3-2-6-16-12(17)10-7-9(14)4-5-11(10)15/h4-5,7-8H,2-3,6H2,1H3,(H,16,17). The summed E-state index contributed by atoms with van der Waals surface area (Å²) in [6, 6.07) is 4.33. The highest BCUT2D eigenvalue weighted by Gasteiger charge is 2.11. The lowest BCUT2D eigenvalue weighted by Crippen LogP contribution is -2.25. The summed E-state index contributed by atoms with van der Waals surface area (Å²) in [6.45, 7) is 2.61. The van der Waals surface area contributed by atoms with Crippen LogP contribution in [-0.4, -0.2) is 17.3 Å². The largest absolute Gasteiger partial charge is 0.352 e. The molecule has 0 heterocycles. The first-order chi connectivity index (χ1) is 8.00. The fourth-order valence-corrected chi connectivity index (χ4v) is 2.04. The van der Waals surface area contributed by atoms with Gasteiger partial charge in [-0.25, -0.2) is 4.39 Å². The van der Waals surface area contributed by atoms with Crippen molar-refractivity contribution in [1.82, 2.24) is 5.32 Å². The normalized spacial score (nSPS) is 12.2. The molecule has 1 aromatic rings. The molecular formula is C12H14Br2FNO. The number of hydrogen-bond acceptors (Lipinski definition) is 1. The fraction of sp³-hybridized carbons (Fsp3) is 0.417. The van der Waals surface area contributed by atoms with Crippen LogP contribution in [-0.2, 0) is 0 Å². The first-order valence-electron chi connectivity index (χ1n) is 5.38. The van der Waals surface area contributed by atoms with Crippen LogP contribution in [0.5, 0.6) is 0 Å². The van der Waals surface area contributed by atoms with Gasteiger partial charge in [0.15, 0.2) is 0 Å². The van der Waals surface area contributed by atoms with Gasteiger partial charge in [-0.1, -0.05) is 38.8 Å². The van der Waals surface area contributed by atoms with Gasteiger partial charge in [-0.3, -0.25) is 4.79 Å². The molecule has 0 aliphatic rings. The minimum absolute atomic E-state index is 0.0752. The second kappa shape index (κ2) is 7.11. The summed E-state index contributed by atoms with van der Waals surface area (Å²) in [5.41, 5.74) is 0.0752. The Morgan fingerprint density at radius 3 is 2.88 bits per heavy atom. The molecule has 0 aliphatic carbocycles. The molecule has 2 nitrogen and oxygen atoms in total. The van der Waals surface area contributed by atoms with Crippen molar-refractivity contribution in [3.63, 3.8) is 0 Å². The summed E-state index contributed by atoms with van der Waals surface area (Å²) < 4.78 is 14.1. The van der Waals surface area contributed by atoms with E-state index in [0.717, 1.165) is 12.8 Å². The Hall–Kier alpha value is -0.420. The third kappa shape index (κ3) is 5.17. The third-order valence-corrected chi connectivity index (χ3v) is 3.19. The molecule has 1 aromatic carbocycles. The smallest absolute Gasteiger partial charge is 0.254 e. The van der Waals surface area contributed by atoms with Crippen LogP contribution in [0.4, 0.5) is 4.39 Å². The first kappa shape index (κ1) is 14.6. The summed E-state index contributed by atoms with van der Waals surface area (Å²) in [5.74, 6) is -0.870. The van der Waals surface area contributed by atoms with Crippen LogP contribution in [0, 0.1) is 5.82 Å². The van der Waals surface area contributed by atoms with Crippen molar-refractivity contribution in [3.05, 3.63) is 34.1 Å². The van der Waals surface area contributed by atoms with E-state index in [1.807, 2.05) is 0 Å². The van der Waals surface area contributed by atoms with Gasteiger partial charge in [-0.15, -0.1) is 0 Å². The first-order valence-corrected chi connectivity index (χ1v) is 7.09. The highest BCUT2D eigenvalue weighted by atomic mass is 79.9. The zero-order valence-electron chi connectivity index (χ0n) is 9.47. The quantitative estimate of drug-likeness (QED) is 0.621. The second-order valence-electron chi connectivity index (χ2n) is 3.80. The number of nitrogens with one attached hydrogen (secondary N) is 1. The molecule has 0 radical (unpaired) electrons. The average Bonchev–Trinajstić information content (AvgIpc) is 2.27. The summed E-state index contributed by atoms with van der Waals surface area (Å²) in [5, 5.41) is 2.70. The van der Waals surface area contributed by atoms with E-state index in [1.165, 1.54) is 12.1 Å². The molecule has 0 fully saturated rings. The SMILES string of the molecule is CC(Br)CCCNC(=O)c1cc(Br)ccc1F. The molecular weight excluding hydrogens is 353 g/mol. The molecule has 0 aliphatic heterocycles.